The number of aromatic nitrogens is 1. The number of carbonyl (C=O) groups is 2. The molecule has 2 aliphatic heterocycles. The van der Waals surface area contributed by atoms with Crippen LogP contribution in [0.5, 0.6) is 0 Å². The SMILES string of the molecule is CC1(C)C(C(=O)N2CCC(c3nc(C(=O)N4CCN(c5ccc(Cl)c(Cl)c5)CC4)cs3)CC2)C1(C)C. The second kappa shape index (κ2) is 9.48. The maximum atomic E-state index is 13.1. The number of anilines is 1. The lowest BCUT2D eigenvalue weighted by Crippen LogP contribution is -2.48. The molecule has 5 rings (SSSR count). The lowest BCUT2D eigenvalue weighted by molar-refractivity contribution is -0.134. The molecule has 3 fully saturated rings. The number of likely N-dealkylation sites (tertiary alicyclic amines) is 1. The molecule has 0 radical (unpaired) electrons. The predicted octanol–water partition coefficient (Wildman–Crippen LogP) is 5.80. The van der Waals surface area contributed by atoms with Crippen LogP contribution in [0.1, 0.15) is 62.0 Å². The third-order valence-corrected chi connectivity index (χ3v) is 10.7. The van der Waals surface area contributed by atoms with E-state index in [0.29, 0.717) is 40.7 Å². The van der Waals surface area contributed by atoms with E-state index in [2.05, 4.69) is 32.6 Å². The Balaban J connectivity index is 1.14. The van der Waals surface area contributed by atoms with Crippen LogP contribution >= 0.6 is 34.5 Å². The summed E-state index contributed by atoms with van der Waals surface area (Å²) in [6, 6.07) is 5.64. The van der Waals surface area contributed by atoms with E-state index in [9.17, 15) is 9.59 Å². The van der Waals surface area contributed by atoms with Crippen LogP contribution in [0.3, 0.4) is 0 Å². The van der Waals surface area contributed by atoms with Gasteiger partial charge in [0.2, 0.25) is 5.91 Å². The molecular formula is C27H34Cl2N4O2S. The van der Waals surface area contributed by atoms with E-state index in [4.69, 9.17) is 28.2 Å². The Morgan fingerprint density at radius 2 is 1.56 bits per heavy atom. The van der Waals surface area contributed by atoms with Crippen molar-refractivity contribution < 1.29 is 9.59 Å². The van der Waals surface area contributed by atoms with Crippen LogP contribution in [0.4, 0.5) is 5.69 Å². The molecular weight excluding hydrogens is 515 g/mol. The van der Waals surface area contributed by atoms with Gasteiger partial charge in [-0.25, -0.2) is 4.98 Å². The zero-order valence-electron chi connectivity index (χ0n) is 21.4. The minimum atomic E-state index is -0.00269. The highest BCUT2D eigenvalue weighted by atomic mass is 35.5. The summed E-state index contributed by atoms with van der Waals surface area (Å²) in [4.78, 5) is 37.1. The topological polar surface area (TPSA) is 56.8 Å². The Morgan fingerprint density at radius 1 is 0.917 bits per heavy atom. The van der Waals surface area contributed by atoms with Gasteiger partial charge in [0, 0.05) is 62.2 Å². The van der Waals surface area contributed by atoms with Crippen LogP contribution < -0.4 is 4.90 Å². The molecule has 0 bridgehead atoms. The van der Waals surface area contributed by atoms with Crippen molar-refractivity contribution >= 4 is 52.0 Å². The average molecular weight is 550 g/mol. The Hall–Kier alpha value is -1.83. The van der Waals surface area contributed by atoms with E-state index in [1.54, 1.807) is 17.4 Å². The van der Waals surface area contributed by atoms with E-state index >= 15 is 0 Å². The highest BCUT2D eigenvalue weighted by Crippen LogP contribution is 2.68. The molecule has 1 aliphatic carbocycles. The molecule has 2 amide bonds. The number of piperidine rings is 1. The summed E-state index contributed by atoms with van der Waals surface area (Å²) in [5.41, 5.74) is 1.70. The summed E-state index contributed by atoms with van der Waals surface area (Å²) >= 11 is 13.8. The largest absolute Gasteiger partial charge is 0.368 e. The molecule has 2 aromatic rings. The van der Waals surface area contributed by atoms with Crippen molar-refractivity contribution in [2.75, 3.05) is 44.2 Å². The summed E-state index contributed by atoms with van der Waals surface area (Å²) in [5, 5.41) is 4.00. The smallest absolute Gasteiger partial charge is 0.273 e. The fraction of sp³-hybridized carbons (Fsp3) is 0.593. The van der Waals surface area contributed by atoms with E-state index in [1.807, 2.05) is 27.3 Å². The van der Waals surface area contributed by atoms with Crippen molar-refractivity contribution in [3.63, 3.8) is 0 Å². The number of thiazole rings is 1. The van der Waals surface area contributed by atoms with Crippen molar-refractivity contribution in [3.8, 4) is 0 Å². The van der Waals surface area contributed by atoms with E-state index < -0.39 is 0 Å². The van der Waals surface area contributed by atoms with Crippen LogP contribution in [0.25, 0.3) is 0 Å². The number of hydrogen-bond donors (Lipinski definition) is 0. The number of piperazine rings is 1. The molecule has 36 heavy (non-hydrogen) atoms. The molecule has 0 N–H and O–H groups in total. The van der Waals surface area contributed by atoms with Gasteiger partial charge in [0.05, 0.1) is 15.1 Å². The number of nitrogens with zero attached hydrogens (tertiary/aromatic N) is 4. The maximum absolute atomic E-state index is 13.1. The predicted molar refractivity (Wildman–Crippen MR) is 146 cm³/mol. The molecule has 1 saturated carbocycles. The first kappa shape index (κ1) is 25.8. The van der Waals surface area contributed by atoms with Gasteiger partial charge in [-0.1, -0.05) is 50.9 Å². The number of rotatable bonds is 4. The zero-order chi connectivity index (χ0) is 25.8. The van der Waals surface area contributed by atoms with E-state index in [1.165, 1.54) is 0 Å². The summed E-state index contributed by atoms with van der Waals surface area (Å²) in [5.74, 6) is 0.727. The fourth-order valence-corrected chi connectivity index (χ4v) is 7.19. The second-order valence-electron chi connectivity index (χ2n) is 11.4. The van der Waals surface area contributed by atoms with Crippen LogP contribution in [-0.2, 0) is 4.79 Å². The van der Waals surface area contributed by atoms with Gasteiger partial charge in [0.1, 0.15) is 5.69 Å². The third-order valence-electron chi connectivity index (χ3n) is 9.00. The minimum absolute atomic E-state index is 0.00269. The first-order valence-corrected chi connectivity index (χ1v) is 14.4. The number of carbonyl (C=O) groups excluding carboxylic acids is 2. The number of benzene rings is 1. The van der Waals surface area contributed by atoms with E-state index in [-0.39, 0.29) is 22.7 Å². The minimum Gasteiger partial charge on any atom is -0.368 e. The van der Waals surface area contributed by atoms with Crippen molar-refractivity contribution in [1.82, 2.24) is 14.8 Å². The van der Waals surface area contributed by atoms with Crippen LogP contribution in [0.2, 0.25) is 10.0 Å². The fourth-order valence-electron chi connectivity index (χ4n) is 5.93. The Kier molecular flexibility index (Phi) is 6.80. The molecule has 194 valence electrons. The Labute approximate surface area is 227 Å². The van der Waals surface area contributed by atoms with Gasteiger partial charge >= 0.3 is 0 Å². The van der Waals surface area contributed by atoms with Crippen molar-refractivity contribution in [2.45, 2.75) is 46.5 Å². The maximum Gasteiger partial charge on any atom is 0.273 e. The van der Waals surface area contributed by atoms with Gasteiger partial charge in [0.15, 0.2) is 0 Å². The summed E-state index contributed by atoms with van der Waals surface area (Å²) < 4.78 is 0. The molecule has 0 spiro atoms. The van der Waals surface area contributed by atoms with Crippen molar-refractivity contribution in [1.29, 1.82) is 0 Å². The van der Waals surface area contributed by atoms with Crippen LogP contribution in [-0.4, -0.2) is 65.9 Å². The monoisotopic (exact) mass is 548 g/mol. The molecule has 3 heterocycles. The van der Waals surface area contributed by atoms with Crippen LogP contribution in [0, 0.1) is 16.7 Å². The highest BCUT2D eigenvalue weighted by Gasteiger charge is 2.68. The van der Waals surface area contributed by atoms with E-state index in [0.717, 1.165) is 49.7 Å². The summed E-state index contributed by atoms with van der Waals surface area (Å²) in [6.45, 7) is 13.1. The third kappa shape index (κ3) is 4.52. The van der Waals surface area contributed by atoms with Crippen LogP contribution in [0.15, 0.2) is 23.6 Å². The molecule has 3 aliphatic rings. The summed E-state index contributed by atoms with van der Waals surface area (Å²) in [7, 11) is 0. The first-order valence-electron chi connectivity index (χ1n) is 12.7. The number of amides is 2. The molecule has 2 saturated heterocycles. The van der Waals surface area contributed by atoms with Crippen molar-refractivity contribution in [3.05, 3.63) is 44.3 Å². The van der Waals surface area contributed by atoms with Crippen molar-refractivity contribution in [2.24, 2.45) is 16.7 Å². The van der Waals surface area contributed by atoms with Gasteiger partial charge in [0.25, 0.3) is 5.91 Å². The molecule has 0 unspecified atom stereocenters. The Bertz CT molecular complexity index is 1150. The van der Waals surface area contributed by atoms with Gasteiger partial charge in [-0.15, -0.1) is 11.3 Å². The molecule has 1 aromatic carbocycles. The Morgan fingerprint density at radius 3 is 2.14 bits per heavy atom. The standard InChI is InChI=1S/C27H34Cl2N4O2S/c1-26(2)22(27(26,3)4)25(35)32-9-7-17(8-10-32)23-30-21(16-36-23)24(34)33-13-11-31(12-14-33)18-5-6-19(28)20(29)15-18/h5-6,15-17,22H,7-14H2,1-4H3. The van der Waals surface area contributed by atoms with Gasteiger partial charge in [-0.3, -0.25) is 9.59 Å². The average Bonchev–Trinajstić information content (AvgIpc) is 3.17. The zero-order valence-corrected chi connectivity index (χ0v) is 23.7. The highest BCUT2D eigenvalue weighted by molar-refractivity contribution is 7.09. The molecule has 9 heteroatoms. The number of halogens is 2. The quantitative estimate of drug-likeness (QED) is 0.484. The lowest BCUT2D eigenvalue weighted by Gasteiger charge is -2.36. The van der Waals surface area contributed by atoms with Gasteiger partial charge < -0.3 is 14.7 Å². The number of hydrogen-bond acceptors (Lipinski definition) is 5. The molecule has 1 aromatic heterocycles. The first-order chi connectivity index (χ1) is 17.0. The lowest BCUT2D eigenvalue weighted by atomic mass is 9.96. The molecule has 6 nitrogen and oxygen atoms in total. The second-order valence-corrected chi connectivity index (χ2v) is 13.1. The van der Waals surface area contributed by atoms with Gasteiger partial charge in [-0.05, 0) is 41.9 Å². The summed E-state index contributed by atoms with van der Waals surface area (Å²) in [6.07, 6.45) is 1.81. The van der Waals surface area contributed by atoms with Gasteiger partial charge in [-0.2, -0.15) is 0 Å². The molecule has 0 atom stereocenters. The normalized spacial score (nSPS) is 22.1.